The van der Waals surface area contributed by atoms with E-state index in [1.807, 2.05) is 6.07 Å². The maximum atomic E-state index is 9.15. The Kier molecular flexibility index (Phi) is 2.93. The Labute approximate surface area is 70.4 Å². The Morgan fingerprint density at radius 2 is 2.45 bits per heavy atom. The summed E-state index contributed by atoms with van der Waals surface area (Å²) in [5.41, 5.74) is 5.23. The van der Waals surface area contributed by atoms with Gasteiger partial charge in [-0.2, -0.15) is 0 Å². The van der Waals surface area contributed by atoms with Crippen molar-refractivity contribution in [2.45, 2.75) is 12.6 Å². The third kappa shape index (κ3) is 2.22. The highest BCUT2D eigenvalue weighted by molar-refractivity contribution is 6.29. The van der Waals surface area contributed by atoms with Crippen LogP contribution >= 0.6 is 11.6 Å². The number of nitrogens with two attached hydrogens (primary N) is 1. The van der Waals surface area contributed by atoms with E-state index in [0.717, 1.165) is 0 Å². The Morgan fingerprint density at radius 3 is 2.91 bits per heavy atom. The van der Waals surface area contributed by atoms with Gasteiger partial charge in [-0.1, -0.05) is 11.6 Å². The zero-order valence-corrected chi connectivity index (χ0v) is 6.83. The predicted molar refractivity (Wildman–Crippen MR) is 44.5 cm³/mol. The molecule has 0 radical (unpaired) electrons. The molecular weight excluding hydrogens is 164 g/mol. The molecule has 0 saturated carbocycles. The summed E-state index contributed by atoms with van der Waals surface area (Å²) in [5, 5.41) is 9.77. The van der Waals surface area contributed by atoms with Gasteiger partial charge in [0.15, 0.2) is 0 Å². The van der Waals surface area contributed by atoms with Gasteiger partial charge in [0.25, 0.3) is 0 Å². The zero-order valence-electron chi connectivity index (χ0n) is 6.07. The summed E-state index contributed by atoms with van der Waals surface area (Å²) >= 11 is 5.75. The van der Waals surface area contributed by atoms with Gasteiger partial charge >= 0.3 is 0 Å². The number of aromatic nitrogens is 1. The van der Waals surface area contributed by atoms with E-state index in [0.29, 0.717) is 11.7 Å². The first-order chi connectivity index (χ1) is 5.24. The maximum absolute atomic E-state index is 9.15. The summed E-state index contributed by atoms with van der Waals surface area (Å²) in [7, 11) is 0. The van der Waals surface area contributed by atoms with E-state index >= 15 is 0 Å². The monoisotopic (exact) mass is 174 g/mol. The number of hydrogen-bond donors (Lipinski definition) is 2. The molecule has 0 aromatic carbocycles. The minimum Gasteiger partial charge on any atom is -0.390 e. The lowest BCUT2D eigenvalue weighted by molar-refractivity contribution is 0.162. The van der Waals surface area contributed by atoms with Gasteiger partial charge < -0.3 is 15.4 Å². The van der Waals surface area contributed by atoms with Crippen molar-refractivity contribution in [1.82, 2.24) is 4.57 Å². The van der Waals surface area contributed by atoms with Crippen LogP contribution in [-0.4, -0.2) is 22.3 Å². The Balaban J connectivity index is 2.56. The molecule has 0 fully saturated rings. The summed E-state index contributed by atoms with van der Waals surface area (Å²) in [6.45, 7) is 0.719. The van der Waals surface area contributed by atoms with Gasteiger partial charge in [0.2, 0.25) is 0 Å². The van der Waals surface area contributed by atoms with Crippen molar-refractivity contribution in [1.29, 1.82) is 0 Å². The van der Waals surface area contributed by atoms with E-state index in [1.165, 1.54) is 0 Å². The van der Waals surface area contributed by atoms with Gasteiger partial charge in [0.05, 0.1) is 12.6 Å². The minimum absolute atomic E-state index is 0.258. The van der Waals surface area contributed by atoms with Crippen LogP contribution < -0.4 is 5.73 Å². The second kappa shape index (κ2) is 3.76. The number of aliphatic hydroxyl groups is 1. The molecule has 1 aromatic heterocycles. The Bertz CT molecular complexity index is 224. The number of halogens is 1. The first-order valence-corrected chi connectivity index (χ1v) is 3.80. The molecule has 1 atom stereocenters. The fourth-order valence-electron chi connectivity index (χ4n) is 0.843. The highest BCUT2D eigenvalue weighted by Crippen LogP contribution is 2.09. The minimum atomic E-state index is -0.514. The summed E-state index contributed by atoms with van der Waals surface area (Å²) in [4.78, 5) is 0. The topological polar surface area (TPSA) is 51.2 Å². The van der Waals surface area contributed by atoms with Crippen LogP contribution in [-0.2, 0) is 6.54 Å². The first kappa shape index (κ1) is 8.59. The van der Waals surface area contributed by atoms with Gasteiger partial charge in [0, 0.05) is 12.7 Å². The van der Waals surface area contributed by atoms with Crippen LogP contribution in [0.5, 0.6) is 0 Å². The first-order valence-electron chi connectivity index (χ1n) is 3.43. The van der Waals surface area contributed by atoms with Gasteiger partial charge in [-0.25, -0.2) is 0 Å². The lowest BCUT2D eigenvalue weighted by Crippen LogP contribution is -2.24. The van der Waals surface area contributed by atoms with Gasteiger partial charge in [-0.05, 0) is 12.1 Å². The van der Waals surface area contributed by atoms with Gasteiger partial charge in [-0.15, -0.1) is 0 Å². The number of nitrogens with zero attached hydrogens (tertiary/aromatic N) is 1. The van der Waals surface area contributed by atoms with Gasteiger partial charge in [-0.3, -0.25) is 0 Å². The highest BCUT2D eigenvalue weighted by atomic mass is 35.5. The Hall–Kier alpha value is -0.510. The van der Waals surface area contributed by atoms with Crippen LogP contribution in [0.25, 0.3) is 0 Å². The molecule has 0 aliphatic carbocycles. The van der Waals surface area contributed by atoms with E-state index in [-0.39, 0.29) is 6.54 Å². The molecule has 0 saturated heterocycles. The molecule has 0 aliphatic heterocycles. The quantitative estimate of drug-likeness (QED) is 0.700. The SMILES string of the molecule is NCC(O)Cn1cccc1Cl. The van der Waals surface area contributed by atoms with E-state index in [2.05, 4.69) is 0 Å². The molecule has 0 aliphatic rings. The molecule has 1 aromatic rings. The highest BCUT2D eigenvalue weighted by Gasteiger charge is 2.03. The zero-order chi connectivity index (χ0) is 8.27. The molecule has 1 rings (SSSR count). The smallest absolute Gasteiger partial charge is 0.108 e. The standard InChI is InChI=1S/C7H11ClN2O/c8-7-2-1-3-10(7)5-6(11)4-9/h1-3,6,11H,4-5,9H2. The van der Waals surface area contributed by atoms with Gasteiger partial charge in [0.1, 0.15) is 5.15 Å². The van der Waals surface area contributed by atoms with Crippen LogP contribution in [0.4, 0.5) is 0 Å². The van der Waals surface area contributed by atoms with Crippen molar-refractivity contribution >= 4 is 11.6 Å². The van der Waals surface area contributed by atoms with Crippen molar-refractivity contribution < 1.29 is 5.11 Å². The molecule has 1 unspecified atom stereocenters. The summed E-state index contributed by atoms with van der Waals surface area (Å²) in [6, 6.07) is 3.59. The lowest BCUT2D eigenvalue weighted by Gasteiger charge is -2.09. The lowest BCUT2D eigenvalue weighted by atomic mass is 10.3. The Morgan fingerprint density at radius 1 is 1.73 bits per heavy atom. The number of rotatable bonds is 3. The molecule has 11 heavy (non-hydrogen) atoms. The summed E-state index contributed by atoms with van der Waals surface area (Å²) in [5.74, 6) is 0. The van der Waals surface area contributed by atoms with E-state index in [9.17, 15) is 0 Å². The molecule has 1 heterocycles. The van der Waals surface area contributed by atoms with Crippen LogP contribution in [0, 0.1) is 0 Å². The van der Waals surface area contributed by atoms with Crippen LogP contribution in [0.2, 0.25) is 5.15 Å². The van der Waals surface area contributed by atoms with E-state index < -0.39 is 6.10 Å². The second-order valence-corrected chi connectivity index (χ2v) is 2.76. The van der Waals surface area contributed by atoms with Crippen LogP contribution in [0.1, 0.15) is 0 Å². The summed E-state index contributed by atoms with van der Waals surface area (Å²) in [6.07, 6.45) is 1.29. The predicted octanol–water partition coefficient (Wildman–Crippen LogP) is 0.461. The van der Waals surface area contributed by atoms with Crippen molar-refractivity contribution in [3.63, 3.8) is 0 Å². The van der Waals surface area contributed by atoms with Crippen molar-refractivity contribution in [3.05, 3.63) is 23.5 Å². The molecule has 0 bridgehead atoms. The van der Waals surface area contributed by atoms with E-state index in [1.54, 1.807) is 16.8 Å². The van der Waals surface area contributed by atoms with Crippen molar-refractivity contribution in [2.24, 2.45) is 5.73 Å². The molecule has 4 heteroatoms. The van der Waals surface area contributed by atoms with Crippen LogP contribution in [0.3, 0.4) is 0 Å². The maximum Gasteiger partial charge on any atom is 0.108 e. The molecule has 0 spiro atoms. The van der Waals surface area contributed by atoms with E-state index in [4.69, 9.17) is 22.4 Å². The number of hydrogen-bond acceptors (Lipinski definition) is 2. The second-order valence-electron chi connectivity index (χ2n) is 2.37. The molecule has 0 amide bonds. The molecular formula is C7H11ClN2O. The normalized spacial score (nSPS) is 13.4. The fraction of sp³-hybridized carbons (Fsp3) is 0.429. The van der Waals surface area contributed by atoms with Crippen LogP contribution in [0.15, 0.2) is 18.3 Å². The third-order valence-electron chi connectivity index (χ3n) is 1.45. The van der Waals surface area contributed by atoms with Crippen molar-refractivity contribution in [2.75, 3.05) is 6.54 Å². The average Bonchev–Trinajstić information content (AvgIpc) is 2.37. The number of aliphatic hydroxyl groups excluding tert-OH is 1. The summed E-state index contributed by atoms with van der Waals surface area (Å²) < 4.78 is 1.75. The third-order valence-corrected chi connectivity index (χ3v) is 1.80. The molecule has 3 nitrogen and oxygen atoms in total. The molecule has 62 valence electrons. The fourth-order valence-corrected chi connectivity index (χ4v) is 1.04. The average molecular weight is 175 g/mol. The van der Waals surface area contributed by atoms with Crippen molar-refractivity contribution in [3.8, 4) is 0 Å². The largest absolute Gasteiger partial charge is 0.390 e. The molecule has 3 N–H and O–H groups in total.